The van der Waals surface area contributed by atoms with E-state index in [0.717, 1.165) is 57.1 Å². The second kappa shape index (κ2) is 4.86. The van der Waals surface area contributed by atoms with Gasteiger partial charge < -0.3 is 10.4 Å². The zero-order valence-corrected chi connectivity index (χ0v) is 15.1. The highest BCUT2D eigenvalue weighted by Gasteiger charge is 2.63. The Labute approximate surface area is 144 Å². The molecular weight excluding hydrogens is 302 g/mol. The summed E-state index contributed by atoms with van der Waals surface area (Å²) in [6, 6.07) is 0. The van der Waals surface area contributed by atoms with Gasteiger partial charge in [0.2, 0.25) is 5.91 Å². The van der Waals surface area contributed by atoms with Gasteiger partial charge in [-0.2, -0.15) is 0 Å². The first kappa shape index (κ1) is 16.2. The molecule has 0 spiro atoms. The number of rotatable bonds is 1. The van der Waals surface area contributed by atoms with Crippen LogP contribution in [0.3, 0.4) is 0 Å². The summed E-state index contributed by atoms with van der Waals surface area (Å²) in [4.78, 5) is 24.6. The van der Waals surface area contributed by atoms with Gasteiger partial charge in [-0.1, -0.05) is 20.3 Å². The van der Waals surface area contributed by atoms with Gasteiger partial charge in [0.1, 0.15) is 0 Å². The second-order valence-electron chi connectivity index (χ2n) is 9.34. The fourth-order valence-corrected chi connectivity index (χ4v) is 7.25. The van der Waals surface area contributed by atoms with Crippen LogP contribution in [0.1, 0.15) is 65.7 Å². The van der Waals surface area contributed by atoms with Gasteiger partial charge in [-0.05, 0) is 68.3 Å². The molecule has 1 heterocycles. The van der Waals surface area contributed by atoms with Crippen molar-refractivity contribution < 1.29 is 14.7 Å². The molecule has 2 fully saturated rings. The van der Waals surface area contributed by atoms with E-state index < -0.39 is 11.4 Å². The number of carboxylic acid groups (broad SMARTS) is 1. The maximum atomic E-state index is 12.5. The number of fused-ring (bicyclic) bond motifs is 4. The minimum Gasteiger partial charge on any atom is -0.481 e. The molecule has 1 aliphatic heterocycles. The van der Waals surface area contributed by atoms with Crippen LogP contribution in [0.5, 0.6) is 0 Å². The lowest BCUT2D eigenvalue weighted by Crippen LogP contribution is -2.58. The lowest BCUT2D eigenvalue weighted by molar-refractivity contribution is -0.175. The summed E-state index contributed by atoms with van der Waals surface area (Å²) in [7, 11) is 0. The second-order valence-corrected chi connectivity index (χ2v) is 9.34. The third-order valence-corrected chi connectivity index (χ3v) is 8.33. The van der Waals surface area contributed by atoms with Crippen LogP contribution in [0.2, 0.25) is 0 Å². The van der Waals surface area contributed by atoms with Crippen molar-refractivity contribution in [3.63, 3.8) is 0 Å². The fraction of sp³-hybridized carbons (Fsp3) is 0.800. The van der Waals surface area contributed by atoms with E-state index >= 15 is 0 Å². The molecule has 0 aromatic heterocycles. The molecule has 0 radical (unpaired) electrons. The highest BCUT2D eigenvalue weighted by Crippen LogP contribution is 2.68. The van der Waals surface area contributed by atoms with E-state index in [4.69, 9.17) is 0 Å². The number of carbonyl (C=O) groups excluding carboxylic acids is 1. The van der Waals surface area contributed by atoms with E-state index in [1.54, 1.807) is 0 Å². The molecule has 4 heteroatoms. The maximum Gasteiger partial charge on any atom is 0.309 e. The van der Waals surface area contributed by atoms with Crippen molar-refractivity contribution in [2.24, 2.45) is 28.1 Å². The van der Waals surface area contributed by atoms with Crippen LogP contribution < -0.4 is 5.32 Å². The predicted molar refractivity (Wildman–Crippen MR) is 91.3 cm³/mol. The van der Waals surface area contributed by atoms with Gasteiger partial charge in [0.25, 0.3) is 0 Å². The van der Waals surface area contributed by atoms with Crippen LogP contribution in [0.15, 0.2) is 11.1 Å². The molecule has 2 saturated carbocycles. The summed E-state index contributed by atoms with van der Waals surface area (Å²) in [6.07, 6.45) is 6.86. The zero-order chi connectivity index (χ0) is 17.3. The van der Waals surface area contributed by atoms with E-state index in [9.17, 15) is 14.7 Å². The lowest BCUT2D eigenvalue weighted by Gasteiger charge is -2.63. The molecule has 5 atom stereocenters. The Kier molecular flexibility index (Phi) is 3.27. The van der Waals surface area contributed by atoms with Crippen molar-refractivity contribution in [2.45, 2.75) is 65.7 Å². The summed E-state index contributed by atoms with van der Waals surface area (Å²) in [5.74, 6) is 0.152. The molecule has 4 aliphatic rings. The smallest absolute Gasteiger partial charge is 0.309 e. The van der Waals surface area contributed by atoms with E-state index in [1.807, 2.05) is 6.92 Å². The Hall–Kier alpha value is -1.32. The van der Waals surface area contributed by atoms with Crippen molar-refractivity contribution in [3.8, 4) is 0 Å². The van der Waals surface area contributed by atoms with Crippen LogP contribution in [-0.4, -0.2) is 23.5 Å². The van der Waals surface area contributed by atoms with Gasteiger partial charge in [-0.3, -0.25) is 9.59 Å². The van der Waals surface area contributed by atoms with Gasteiger partial charge in [0.05, 0.1) is 5.41 Å². The monoisotopic (exact) mass is 331 g/mol. The molecule has 1 amide bonds. The molecule has 132 valence electrons. The molecule has 0 aromatic rings. The van der Waals surface area contributed by atoms with Crippen LogP contribution in [-0.2, 0) is 9.59 Å². The zero-order valence-electron chi connectivity index (χ0n) is 15.1. The van der Waals surface area contributed by atoms with Crippen LogP contribution in [0, 0.1) is 28.1 Å². The molecule has 4 nitrogen and oxygen atoms in total. The molecule has 24 heavy (non-hydrogen) atoms. The quantitative estimate of drug-likeness (QED) is 0.772. The van der Waals surface area contributed by atoms with E-state index in [1.165, 1.54) is 5.57 Å². The summed E-state index contributed by atoms with van der Waals surface area (Å²) < 4.78 is 0. The predicted octanol–water partition coefficient (Wildman–Crippen LogP) is 3.52. The third-order valence-electron chi connectivity index (χ3n) is 8.33. The van der Waals surface area contributed by atoms with Crippen LogP contribution in [0.25, 0.3) is 0 Å². The Balaban J connectivity index is 1.79. The van der Waals surface area contributed by atoms with Gasteiger partial charge >= 0.3 is 5.97 Å². The number of carboxylic acids is 1. The van der Waals surface area contributed by atoms with Crippen molar-refractivity contribution in [1.29, 1.82) is 0 Å². The first-order chi connectivity index (χ1) is 11.2. The standard InChI is InChI=1S/C20H29NO3/c1-18-8-4-9-20(3,17(23)24)14(18)7-10-19(2)13(18)6-5-12-11-21-16(22)15(12)19/h13-14H,4-11H2,1-3H3,(H,21,22)(H,23,24). The van der Waals surface area contributed by atoms with Crippen molar-refractivity contribution >= 4 is 11.9 Å². The first-order valence-corrected chi connectivity index (χ1v) is 9.47. The largest absolute Gasteiger partial charge is 0.481 e. The van der Waals surface area contributed by atoms with Crippen LogP contribution in [0.4, 0.5) is 0 Å². The third kappa shape index (κ3) is 1.80. The Morgan fingerprint density at radius 3 is 2.58 bits per heavy atom. The highest BCUT2D eigenvalue weighted by molar-refractivity contribution is 5.98. The maximum absolute atomic E-state index is 12.5. The Morgan fingerprint density at radius 1 is 1.12 bits per heavy atom. The van der Waals surface area contributed by atoms with Crippen molar-refractivity contribution in [2.75, 3.05) is 6.54 Å². The normalized spacial score (nSPS) is 47.5. The summed E-state index contributed by atoms with van der Waals surface area (Å²) >= 11 is 0. The minimum absolute atomic E-state index is 0.0276. The van der Waals surface area contributed by atoms with E-state index in [2.05, 4.69) is 19.2 Å². The Morgan fingerprint density at radius 2 is 1.88 bits per heavy atom. The number of hydrogen-bond donors (Lipinski definition) is 2. The summed E-state index contributed by atoms with van der Waals surface area (Å²) in [5, 5.41) is 13.0. The average molecular weight is 331 g/mol. The van der Waals surface area contributed by atoms with E-state index in [0.29, 0.717) is 5.92 Å². The summed E-state index contributed by atoms with van der Waals surface area (Å²) in [6.45, 7) is 7.31. The first-order valence-electron chi connectivity index (χ1n) is 9.47. The van der Waals surface area contributed by atoms with Gasteiger partial charge in [-0.25, -0.2) is 0 Å². The van der Waals surface area contributed by atoms with Crippen molar-refractivity contribution in [3.05, 3.63) is 11.1 Å². The highest BCUT2D eigenvalue weighted by atomic mass is 16.4. The molecule has 4 rings (SSSR count). The summed E-state index contributed by atoms with van der Waals surface area (Å²) in [5.41, 5.74) is 1.72. The molecule has 0 aromatic carbocycles. The van der Waals surface area contributed by atoms with Crippen molar-refractivity contribution in [1.82, 2.24) is 5.32 Å². The average Bonchev–Trinajstić information content (AvgIpc) is 2.89. The number of carbonyl (C=O) groups is 2. The molecule has 0 saturated heterocycles. The number of amides is 1. The number of aliphatic carboxylic acids is 1. The SMILES string of the molecule is CC1(C(=O)O)CCCC2(C)C1CCC1(C)C3=C(CCC12)CNC3=O. The van der Waals surface area contributed by atoms with Gasteiger partial charge in [0.15, 0.2) is 0 Å². The van der Waals surface area contributed by atoms with Gasteiger partial charge in [0, 0.05) is 17.5 Å². The topological polar surface area (TPSA) is 66.4 Å². The molecular formula is C20H29NO3. The molecule has 3 aliphatic carbocycles. The molecule has 5 unspecified atom stereocenters. The van der Waals surface area contributed by atoms with E-state index in [-0.39, 0.29) is 22.7 Å². The molecule has 0 bridgehead atoms. The lowest BCUT2D eigenvalue weighted by atomic mass is 9.40. The minimum atomic E-state index is -0.628. The van der Waals surface area contributed by atoms with Gasteiger partial charge in [-0.15, -0.1) is 0 Å². The van der Waals surface area contributed by atoms with Crippen LogP contribution >= 0.6 is 0 Å². The number of hydrogen-bond acceptors (Lipinski definition) is 2. The fourth-order valence-electron chi connectivity index (χ4n) is 7.25. The molecule has 2 N–H and O–H groups in total. The Bertz CT molecular complexity index is 653. The number of nitrogens with one attached hydrogen (secondary N) is 1.